The third-order valence-electron chi connectivity index (χ3n) is 6.18. The van der Waals surface area contributed by atoms with Gasteiger partial charge >= 0.3 is 5.97 Å². The molecule has 4 heteroatoms. The number of rotatable bonds is 3. The van der Waals surface area contributed by atoms with Gasteiger partial charge in [-0.2, -0.15) is 0 Å². The van der Waals surface area contributed by atoms with Gasteiger partial charge in [0.05, 0.1) is 5.56 Å². The Morgan fingerprint density at radius 1 is 0.897 bits per heavy atom. The summed E-state index contributed by atoms with van der Waals surface area (Å²) in [5.74, 6) is 0.325. The number of fused-ring (bicyclic) bond motifs is 2. The minimum Gasteiger partial charge on any atom is -0.422 e. The zero-order valence-corrected chi connectivity index (χ0v) is 18.7. The van der Waals surface area contributed by atoms with E-state index in [1.165, 1.54) is 0 Å². The maximum Gasteiger partial charge on any atom is 0.344 e. The van der Waals surface area contributed by atoms with Crippen LogP contribution >= 0.6 is 0 Å². The molecule has 1 heterocycles. The molecule has 0 aromatic heterocycles. The Kier molecular flexibility index (Phi) is 4.62. The lowest BCUT2D eigenvalue weighted by Crippen LogP contribution is -2.46. The van der Waals surface area contributed by atoms with Crippen molar-refractivity contribution in [2.75, 3.05) is 4.98 Å². The Balaban J connectivity index is 1.90. The van der Waals surface area contributed by atoms with Gasteiger partial charge < -0.3 is 9.72 Å². The average Bonchev–Trinajstić information content (AvgIpc) is 2.98. The third-order valence-corrected chi connectivity index (χ3v) is 10.8. The number of anilines is 1. The van der Waals surface area contributed by atoms with E-state index in [1.54, 1.807) is 0 Å². The summed E-state index contributed by atoms with van der Waals surface area (Å²) in [6, 6.07) is 20.2. The van der Waals surface area contributed by atoms with Crippen molar-refractivity contribution in [1.29, 1.82) is 0 Å². The second-order valence-corrected chi connectivity index (χ2v) is 14.2. The summed E-state index contributed by atoms with van der Waals surface area (Å²) in [6.45, 7) is 11.6. The van der Waals surface area contributed by atoms with E-state index in [-0.39, 0.29) is 11.0 Å². The summed E-state index contributed by atoms with van der Waals surface area (Å²) >= 11 is 0. The molecule has 0 amide bonds. The highest BCUT2D eigenvalue weighted by atomic mass is 28.3. The Morgan fingerprint density at radius 2 is 1.55 bits per heavy atom. The summed E-state index contributed by atoms with van der Waals surface area (Å²) < 4.78 is 5.64. The van der Waals surface area contributed by atoms with E-state index in [1.807, 2.05) is 36.4 Å². The predicted octanol–water partition coefficient (Wildman–Crippen LogP) is 6.93. The summed E-state index contributed by atoms with van der Waals surface area (Å²) in [6.07, 6.45) is 2.02. The molecule has 0 bridgehead atoms. The van der Waals surface area contributed by atoms with Crippen LogP contribution in [0.3, 0.4) is 0 Å². The molecule has 1 N–H and O–H groups in total. The average molecular weight is 402 g/mol. The van der Waals surface area contributed by atoms with Crippen LogP contribution in [0.1, 0.15) is 42.3 Å². The van der Waals surface area contributed by atoms with Crippen molar-refractivity contribution in [1.82, 2.24) is 0 Å². The first kappa shape index (κ1) is 19.5. The van der Waals surface area contributed by atoms with Crippen molar-refractivity contribution < 1.29 is 9.53 Å². The molecule has 0 atom stereocenters. The maximum absolute atomic E-state index is 12.3. The molecule has 3 aromatic rings. The predicted molar refractivity (Wildman–Crippen MR) is 124 cm³/mol. The molecule has 1 aliphatic rings. The lowest BCUT2D eigenvalue weighted by molar-refractivity contribution is 0.0717. The molecule has 29 heavy (non-hydrogen) atoms. The molecule has 1 aliphatic heterocycles. The number of carbonyl (C=O) groups is 1. The number of hydrogen-bond donors (Lipinski definition) is 1. The van der Waals surface area contributed by atoms with Gasteiger partial charge in [0.25, 0.3) is 0 Å². The Hall–Kier alpha value is -2.85. The van der Waals surface area contributed by atoms with Gasteiger partial charge in [0.15, 0.2) is 8.24 Å². The van der Waals surface area contributed by atoms with Gasteiger partial charge in [-0.15, -0.1) is 0 Å². The fourth-order valence-corrected chi connectivity index (χ4v) is 4.67. The van der Waals surface area contributed by atoms with E-state index in [2.05, 4.69) is 69.2 Å². The van der Waals surface area contributed by atoms with Crippen molar-refractivity contribution in [2.45, 2.75) is 38.9 Å². The fraction of sp³-hybridized carbons (Fsp3) is 0.240. The molecular formula is C25H27NO2Si. The number of hydrogen-bond acceptors (Lipinski definition) is 3. The quantitative estimate of drug-likeness (QED) is 0.382. The number of carbonyl (C=O) groups excluding carboxylic acids is 1. The second-order valence-electron chi connectivity index (χ2n) is 9.19. The van der Waals surface area contributed by atoms with Crippen LogP contribution in [-0.4, -0.2) is 14.2 Å². The van der Waals surface area contributed by atoms with Crippen molar-refractivity contribution in [2.24, 2.45) is 0 Å². The van der Waals surface area contributed by atoms with Gasteiger partial charge in [-0.3, -0.25) is 0 Å². The van der Waals surface area contributed by atoms with Crippen LogP contribution in [0, 0.1) is 0 Å². The molecule has 0 aliphatic carbocycles. The zero-order chi connectivity index (χ0) is 20.8. The van der Waals surface area contributed by atoms with E-state index in [0.29, 0.717) is 11.3 Å². The van der Waals surface area contributed by atoms with Crippen LogP contribution in [-0.2, 0) is 4.74 Å². The first-order valence-corrected chi connectivity index (χ1v) is 13.0. The largest absolute Gasteiger partial charge is 0.422 e. The molecule has 0 saturated heterocycles. The molecule has 148 valence electrons. The normalized spacial score (nSPS) is 15.5. The van der Waals surface area contributed by atoms with Crippen molar-refractivity contribution >= 4 is 42.5 Å². The minimum atomic E-state index is -1.79. The van der Waals surface area contributed by atoms with Crippen LogP contribution in [0.4, 0.5) is 5.69 Å². The van der Waals surface area contributed by atoms with Crippen LogP contribution in [0.2, 0.25) is 18.1 Å². The highest BCUT2D eigenvalue weighted by molar-refractivity contribution is 6.83. The summed E-state index contributed by atoms with van der Waals surface area (Å²) in [5, 5.41) is 2.50. The molecule has 3 aromatic carbocycles. The first-order chi connectivity index (χ1) is 13.7. The van der Waals surface area contributed by atoms with Gasteiger partial charge in [0.2, 0.25) is 0 Å². The van der Waals surface area contributed by atoms with Crippen LogP contribution < -0.4 is 4.98 Å². The van der Waals surface area contributed by atoms with Crippen LogP contribution in [0.5, 0.6) is 0 Å². The third kappa shape index (κ3) is 3.49. The van der Waals surface area contributed by atoms with Crippen LogP contribution in [0.25, 0.3) is 22.6 Å². The van der Waals surface area contributed by atoms with Gasteiger partial charge in [0, 0.05) is 16.8 Å². The molecule has 4 rings (SSSR count). The van der Waals surface area contributed by atoms with Crippen molar-refractivity contribution in [3.05, 3.63) is 77.4 Å². The highest BCUT2D eigenvalue weighted by Crippen LogP contribution is 2.40. The van der Waals surface area contributed by atoms with Crippen LogP contribution in [0.15, 0.2) is 60.7 Å². The van der Waals surface area contributed by atoms with E-state index in [4.69, 9.17) is 4.74 Å². The summed E-state index contributed by atoms with van der Waals surface area (Å²) in [5.41, 5.74) is 3.62. The molecule has 0 spiro atoms. The first-order valence-electron chi connectivity index (χ1n) is 10.0. The highest BCUT2D eigenvalue weighted by Gasteiger charge is 2.36. The monoisotopic (exact) mass is 401 g/mol. The minimum absolute atomic E-state index is 0.190. The maximum atomic E-state index is 12.3. The topological polar surface area (TPSA) is 38.3 Å². The van der Waals surface area contributed by atoms with E-state index in [9.17, 15) is 4.79 Å². The number of esters is 1. The summed E-state index contributed by atoms with van der Waals surface area (Å²) in [7, 11) is -1.79. The molecule has 0 fully saturated rings. The van der Waals surface area contributed by atoms with Gasteiger partial charge in [-0.25, -0.2) is 4.79 Å². The molecular weight excluding hydrogens is 374 g/mol. The Bertz CT molecular complexity index is 1140. The van der Waals surface area contributed by atoms with Gasteiger partial charge in [-0.05, 0) is 34.0 Å². The second kappa shape index (κ2) is 6.89. The van der Waals surface area contributed by atoms with Gasteiger partial charge in [-0.1, -0.05) is 82.4 Å². The standard InChI is InChI=1S/C25H27NO2Si/c1-25(2,3)29(4,5)26-22-15-14-17-10-6-7-11-18(17)21(22)16-23-19-12-8-9-13-20(19)24(27)28-23/h6-16,26H,1-5H3/b23-16-. The molecule has 0 saturated carbocycles. The van der Waals surface area contributed by atoms with E-state index < -0.39 is 8.24 Å². The molecule has 0 unspecified atom stereocenters. The van der Waals surface area contributed by atoms with Crippen molar-refractivity contribution in [3.8, 4) is 0 Å². The molecule has 3 nitrogen and oxygen atoms in total. The smallest absolute Gasteiger partial charge is 0.344 e. The fourth-order valence-electron chi connectivity index (χ4n) is 3.41. The number of benzene rings is 3. The molecule has 0 radical (unpaired) electrons. The zero-order valence-electron chi connectivity index (χ0n) is 17.7. The lowest BCUT2D eigenvalue weighted by Gasteiger charge is -2.38. The number of cyclic esters (lactones) is 1. The van der Waals surface area contributed by atoms with Gasteiger partial charge in [0.1, 0.15) is 5.76 Å². The Labute approximate surface area is 173 Å². The Morgan fingerprint density at radius 3 is 2.28 bits per heavy atom. The van der Waals surface area contributed by atoms with E-state index in [0.717, 1.165) is 27.6 Å². The lowest BCUT2D eigenvalue weighted by atomic mass is 10.0. The SMILES string of the molecule is CC(C)(C)[Si](C)(C)Nc1ccc2ccccc2c1/C=C1\OC(=O)c2ccccc21. The number of nitrogens with one attached hydrogen (secondary N) is 1. The summed E-state index contributed by atoms with van der Waals surface area (Å²) in [4.78, 5) is 16.2. The van der Waals surface area contributed by atoms with E-state index >= 15 is 0 Å². The number of ether oxygens (including phenoxy) is 1. The van der Waals surface area contributed by atoms with Crippen molar-refractivity contribution in [3.63, 3.8) is 0 Å².